The molecule has 33 heavy (non-hydrogen) atoms. The van der Waals surface area contributed by atoms with Gasteiger partial charge in [0, 0.05) is 55.0 Å². The number of nitrogens with zero attached hydrogens (tertiary/aromatic N) is 2. The highest BCUT2D eigenvalue weighted by molar-refractivity contribution is 6.31. The fourth-order valence-corrected chi connectivity index (χ4v) is 4.31. The van der Waals surface area contributed by atoms with Crippen molar-refractivity contribution in [1.82, 2.24) is 4.90 Å². The van der Waals surface area contributed by atoms with Gasteiger partial charge in [0.15, 0.2) is 0 Å². The molecule has 0 saturated carbocycles. The van der Waals surface area contributed by atoms with E-state index in [0.29, 0.717) is 5.57 Å². The topological polar surface area (TPSA) is 56.8 Å². The molecule has 2 N–H and O–H groups in total. The molecule has 1 fully saturated rings. The zero-order chi connectivity index (χ0) is 22.8. The molecule has 0 aromatic heterocycles. The van der Waals surface area contributed by atoms with Gasteiger partial charge in [-0.3, -0.25) is 4.79 Å². The van der Waals surface area contributed by atoms with E-state index in [0.717, 1.165) is 60.0 Å². The van der Waals surface area contributed by atoms with Gasteiger partial charge in [0.05, 0.1) is 12.7 Å². The number of hydrogen-bond acceptors (Lipinski definition) is 5. The highest BCUT2D eigenvalue weighted by Gasteiger charge is 2.24. The van der Waals surface area contributed by atoms with Gasteiger partial charge in [0.2, 0.25) is 0 Å². The summed E-state index contributed by atoms with van der Waals surface area (Å²) in [5.74, 6) is 0.704. The first-order valence-corrected chi connectivity index (χ1v) is 11.2. The van der Waals surface area contributed by atoms with Crippen molar-refractivity contribution < 1.29 is 9.53 Å². The molecule has 2 heterocycles. The van der Waals surface area contributed by atoms with Gasteiger partial charge in [-0.05, 0) is 60.6 Å². The fourth-order valence-electron chi connectivity index (χ4n) is 4.31. The lowest BCUT2D eigenvalue weighted by atomic mass is 10.0. The first kappa shape index (κ1) is 21.1. The molecule has 6 nitrogen and oxygen atoms in total. The number of likely N-dealkylation sites (N-methyl/N-ethyl adjacent to an activating group) is 1. The molecule has 0 unspecified atom stereocenters. The molecule has 5 rings (SSSR count). The van der Waals surface area contributed by atoms with Crippen molar-refractivity contribution in [1.29, 1.82) is 0 Å². The van der Waals surface area contributed by atoms with E-state index in [-0.39, 0.29) is 5.91 Å². The lowest BCUT2D eigenvalue weighted by Gasteiger charge is -2.34. The number of anilines is 3. The summed E-state index contributed by atoms with van der Waals surface area (Å²) in [4.78, 5) is 17.4. The van der Waals surface area contributed by atoms with Gasteiger partial charge in [-0.25, -0.2) is 0 Å². The molecule has 1 saturated heterocycles. The third-order valence-electron chi connectivity index (χ3n) is 6.32. The van der Waals surface area contributed by atoms with E-state index in [2.05, 4.69) is 51.7 Å². The second-order valence-corrected chi connectivity index (χ2v) is 8.49. The number of carbonyl (C=O) groups excluding carboxylic acids is 1. The highest BCUT2D eigenvalue weighted by Crippen LogP contribution is 2.36. The SMILES string of the molecule is COc1cccc(-c2ccc3c(c2)NC(=O)/C3=C/Nc2ccc(N3CCN(C)CC3)cc2)c1. The number of amides is 1. The Morgan fingerprint density at radius 1 is 0.939 bits per heavy atom. The molecule has 0 radical (unpaired) electrons. The maximum Gasteiger partial charge on any atom is 0.257 e. The van der Waals surface area contributed by atoms with Crippen LogP contribution < -0.4 is 20.3 Å². The maximum atomic E-state index is 12.6. The number of rotatable bonds is 5. The first-order chi connectivity index (χ1) is 16.1. The van der Waals surface area contributed by atoms with Crippen LogP contribution in [0.1, 0.15) is 5.56 Å². The third kappa shape index (κ3) is 4.43. The summed E-state index contributed by atoms with van der Waals surface area (Å²) in [6, 6.07) is 22.3. The Hall–Kier alpha value is -3.77. The summed E-state index contributed by atoms with van der Waals surface area (Å²) in [5, 5.41) is 6.28. The van der Waals surface area contributed by atoms with Crippen molar-refractivity contribution in [2.75, 3.05) is 55.9 Å². The minimum absolute atomic E-state index is 0.102. The van der Waals surface area contributed by atoms with Gasteiger partial charge in [-0.15, -0.1) is 0 Å². The van der Waals surface area contributed by atoms with E-state index < -0.39 is 0 Å². The number of ether oxygens (including phenoxy) is 1. The normalized spacial score (nSPS) is 17.1. The number of piperazine rings is 1. The number of carbonyl (C=O) groups is 1. The van der Waals surface area contributed by atoms with Crippen molar-refractivity contribution in [3.05, 3.63) is 78.5 Å². The third-order valence-corrected chi connectivity index (χ3v) is 6.32. The van der Waals surface area contributed by atoms with Crippen LogP contribution in [0.25, 0.3) is 16.7 Å². The van der Waals surface area contributed by atoms with Crippen molar-refractivity contribution in [3.8, 4) is 16.9 Å². The Balaban J connectivity index is 1.31. The number of fused-ring (bicyclic) bond motifs is 1. The predicted octanol–water partition coefficient (Wildman–Crippen LogP) is 4.52. The number of hydrogen-bond donors (Lipinski definition) is 2. The van der Waals surface area contributed by atoms with Gasteiger partial charge < -0.3 is 25.2 Å². The molecule has 3 aromatic rings. The van der Waals surface area contributed by atoms with Crippen LogP contribution in [0.3, 0.4) is 0 Å². The zero-order valence-electron chi connectivity index (χ0n) is 19.0. The standard InChI is InChI=1S/C27H28N4O2/c1-30-12-14-31(15-13-30)22-9-7-21(8-10-22)28-18-25-24-11-6-20(17-26(24)29-27(25)32)19-4-3-5-23(16-19)33-2/h3-11,16-18,28H,12-15H2,1-2H3,(H,29,32)/b25-18+. The van der Waals surface area contributed by atoms with Crippen LogP contribution >= 0.6 is 0 Å². The lowest BCUT2D eigenvalue weighted by molar-refractivity contribution is -0.110. The molecule has 6 heteroatoms. The predicted molar refractivity (Wildman–Crippen MR) is 135 cm³/mol. The maximum absolute atomic E-state index is 12.6. The summed E-state index contributed by atoms with van der Waals surface area (Å²) >= 11 is 0. The molecule has 168 valence electrons. The highest BCUT2D eigenvalue weighted by atomic mass is 16.5. The Morgan fingerprint density at radius 2 is 1.70 bits per heavy atom. The van der Waals surface area contributed by atoms with E-state index in [9.17, 15) is 4.79 Å². The Kier molecular flexibility index (Phi) is 5.75. The number of benzene rings is 3. The average molecular weight is 441 g/mol. The minimum Gasteiger partial charge on any atom is -0.497 e. The van der Waals surface area contributed by atoms with Crippen LogP contribution in [0.2, 0.25) is 0 Å². The molecule has 0 spiro atoms. The van der Waals surface area contributed by atoms with E-state index in [1.165, 1.54) is 5.69 Å². The van der Waals surface area contributed by atoms with Gasteiger partial charge in [-0.1, -0.05) is 24.3 Å². The average Bonchev–Trinajstić information content (AvgIpc) is 3.17. The summed E-state index contributed by atoms with van der Waals surface area (Å²) in [6.07, 6.45) is 1.79. The summed E-state index contributed by atoms with van der Waals surface area (Å²) in [7, 11) is 3.82. The monoisotopic (exact) mass is 440 g/mol. The van der Waals surface area contributed by atoms with Crippen LogP contribution in [0.5, 0.6) is 5.75 Å². The quantitative estimate of drug-likeness (QED) is 0.572. The van der Waals surface area contributed by atoms with Crippen molar-refractivity contribution in [2.24, 2.45) is 0 Å². The largest absolute Gasteiger partial charge is 0.497 e. The van der Waals surface area contributed by atoms with E-state index in [4.69, 9.17) is 4.74 Å². The fraction of sp³-hybridized carbons (Fsp3) is 0.222. The Labute approximate surface area is 194 Å². The first-order valence-electron chi connectivity index (χ1n) is 11.2. The number of nitrogens with one attached hydrogen (secondary N) is 2. The molecule has 3 aromatic carbocycles. The second kappa shape index (κ2) is 9.00. The van der Waals surface area contributed by atoms with Gasteiger partial charge in [0.1, 0.15) is 5.75 Å². The van der Waals surface area contributed by atoms with E-state index in [1.807, 2.05) is 42.5 Å². The van der Waals surface area contributed by atoms with Crippen LogP contribution in [0.4, 0.5) is 17.1 Å². The van der Waals surface area contributed by atoms with Crippen molar-refractivity contribution >= 4 is 28.5 Å². The summed E-state index contributed by atoms with van der Waals surface area (Å²) < 4.78 is 5.33. The molecule has 0 bridgehead atoms. The summed E-state index contributed by atoms with van der Waals surface area (Å²) in [5.41, 5.74) is 6.60. The van der Waals surface area contributed by atoms with Gasteiger partial charge in [-0.2, -0.15) is 0 Å². The van der Waals surface area contributed by atoms with Crippen LogP contribution in [-0.4, -0.2) is 51.1 Å². The van der Waals surface area contributed by atoms with Crippen molar-refractivity contribution in [3.63, 3.8) is 0 Å². The molecular weight excluding hydrogens is 412 g/mol. The van der Waals surface area contributed by atoms with Gasteiger partial charge in [0.25, 0.3) is 5.91 Å². The Bertz CT molecular complexity index is 1190. The molecule has 0 atom stereocenters. The van der Waals surface area contributed by atoms with Gasteiger partial charge >= 0.3 is 0 Å². The molecular formula is C27H28N4O2. The molecule has 2 aliphatic heterocycles. The van der Waals surface area contributed by atoms with Crippen LogP contribution in [0, 0.1) is 0 Å². The van der Waals surface area contributed by atoms with E-state index in [1.54, 1.807) is 13.3 Å². The van der Waals surface area contributed by atoms with Crippen LogP contribution in [0.15, 0.2) is 72.9 Å². The smallest absolute Gasteiger partial charge is 0.257 e. The summed E-state index contributed by atoms with van der Waals surface area (Å²) in [6.45, 7) is 4.25. The minimum atomic E-state index is -0.102. The zero-order valence-corrected chi connectivity index (χ0v) is 19.0. The Morgan fingerprint density at radius 3 is 2.45 bits per heavy atom. The van der Waals surface area contributed by atoms with E-state index >= 15 is 0 Å². The lowest BCUT2D eigenvalue weighted by Crippen LogP contribution is -2.44. The molecule has 1 amide bonds. The number of methoxy groups -OCH3 is 1. The molecule has 0 aliphatic carbocycles. The second-order valence-electron chi connectivity index (χ2n) is 8.49. The molecule has 2 aliphatic rings. The van der Waals surface area contributed by atoms with Crippen LogP contribution in [-0.2, 0) is 4.79 Å². The van der Waals surface area contributed by atoms with Crippen molar-refractivity contribution in [2.45, 2.75) is 0 Å².